The molecule has 1 atom stereocenters. The van der Waals surface area contributed by atoms with Crippen molar-refractivity contribution in [2.75, 3.05) is 7.11 Å². The number of halogens is 3. The minimum Gasteiger partial charge on any atom is -0.495 e. The Hall–Kier alpha value is 0.0800. The summed E-state index contributed by atoms with van der Waals surface area (Å²) in [7, 11) is 1.63. The van der Waals surface area contributed by atoms with Crippen molar-refractivity contribution < 1.29 is 4.74 Å². The van der Waals surface area contributed by atoms with Gasteiger partial charge in [-0.2, -0.15) is 0 Å². The summed E-state index contributed by atoms with van der Waals surface area (Å²) in [5, 5.41) is 0.495. The maximum absolute atomic E-state index is 6.45. The van der Waals surface area contributed by atoms with Crippen LogP contribution in [0.3, 0.4) is 0 Å². The normalized spacial score (nSPS) is 13.7. The molecular formula is C12H15BrCl2O. The summed E-state index contributed by atoms with van der Waals surface area (Å²) in [6, 6.07) is 3.66. The summed E-state index contributed by atoms with van der Waals surface area (Å²) >= 11 is 15.9. The van der Waals surface area contributed by atoms with Gasteiger partial charge in [-0.15, -0.1) is 11.6 Å². The molecule has 90 valence electrons. The zero-order valence-corrected chi connectivity index (χ0v) is 12.9. The van der Waals surface area contributed by atoms with Crippen LogP contribution in [-0.4, -0.2) is 7.11 Å². The van der Waals surface area contributed by atoms with Gasteiger partial charge in [-0.3, -0.25) is 0 Å². The topological polar surface area (TPSA) is 9.23 Å². The molecule has 1 unspecified atom stereocenters. The van der Waals surface area contributed by atoms with Crippen LogP contribution >= 0.6 is 39.1 Å². The molecule has 0 aliphatic heterocycles. The molecule has 0 radical (unpaired) electrons. The third-order valence-corrected chi connectivity index (χ3v) is 3.97. The molecule has 0 spiro atoms. The highest BCUT2D eigenvalue weighted by molar-refractivity contribution is 9.10. The minimum absolute atomic E-state index is 0.0566. The SMILES string of the molecule is COc1c(Br)cc(Cl)cc1C(Cl)C(C)(C)C. The first kappa shape index (κ1) is 14.1. The Balaban J connectivity index is 3.31. The first-order valence-corrected chi connectivity index (χ1v) is 6.55. The largest absolute Gasteiger partial charge is 0.495 e. The van der Waals surface area contributed by atoms with Crippen LogP contribution < -0.4 is 4.74 Å². The maximum atomic E-state index is 6.45. The molecule has 4 heteroatoms. The molecule has 0 fully saturated rings. The van der Waals surface area contributed by atoms with Crippen LogP contribution in [0.25, 0.3) is 0 Å². The van der Waals surface area contributed by atoms with Gasteiger partial charge in [0.05, 0.1) is 17.0 Å². The van der Waals surface area contributed by atoms with Gasteiger partial charge in [0.15, 0.2) is 0 Å². The van der Waals surface area contributed by atoms with E-state index in [9.17, 15) is 0 Å². The highest BCUT2D eigenvalue weighted by Crippen LogP contribution is 2.45. The number of rotatable bonds is 2. The zero-order valence-electron chi connectivity index (χ0n) is 9.77. The lowest BCUT2D eigenvalue weighted by Gasteiger charge is -2.27. The summed E-state index contributed by atoms with van der Waals surface area (Å²) in [4.78, 5) is 0. The number of hydrogen-bond donors (Lipinski definition) is 0. The lowest BCUT2D eigenvalue weighted by molar-refractivity contribution is 0.368. The van der Waals surface area contributed by atoms with Gasteiger partial charge in [-0.25, -0.2) is 0 Å². The van der Waals surface area contributed by atoms with Crippen molar-refractivity contribution in [2.24, 2.45) is 5.41 Å². The van der Waals surface area contributed by atoms with E-state index in [1.807, 2.05) is 6.07 Å². The van der Waals surface area contributed by atoms with Crippen LogP contribution in [0.4, 0.5) is 0 Å². The second kappa shape index (κ2) is 5.16. The van der Waals surface area contributed by atoms with E-state index < -0.39 is 0 Å². The second-order valence-corrected chi connectivity index (χ2v) is 6.47. The van der Waals surface area contributed by atoms with Crippen LogP contribution in [0.15, 0.2) is 16.6 Å². The molecular weight excluding hydrogens is 311 g/mol. The van der Waals surface area contributed by atoms with Crippen molar-refractivity contribution in [3.63, 3.8) is 0 Å². The van der Waals surface area contributed by atoms with Crippen LogP contribution in [0.2, 0.25) is 5.02 Å². The Morgan fingerprint density at radius 1 is 1.31 bits per heavy atom. The summed E-state index contributed by atoms with van der Waals surface area (Å²) in [6.45, 7) is 6.25. The molecule has 0 aliphatic carbocycles. The molecule has 1 nitrogen and oxygen atoms in total. The van der Waals surface area contributed by atoms with Crippen molar-refractivity contribution in [2.45, 2.75) is 26.1 Å². The Bertz CT molecular complexity index is 385. The van der Waals surface area contributed by atoms with Crippen LogP contribution in [0, 0.1) is 5.41 Å². The summed E-state index contributed by atoms with van der Waals surface area (Å²) in [6.07, 6.45) is 0. The lowest BCUT2D eigenvalue weighted by Crippen LogP contribution is -2.14. The molecule has 0 N–H and O–H groups in total. The quantitative estimate of drug-likeness (QED) is 0.658. The Kier molecular flexibility index (Phi) is 4.56. The maximum Gasteiger partial charge on any atom is 0.137 e. The van der Waals surface area contributed by atoms with Gasteiger partial charge in [0, 0.05) is 10.6 Å². The van der Waals surface area contributed by atoms with Crippen molar-refractivity contribution >= 4 is 39.1 Å². The molecule has 0 aliphatic rings. The zero-order chi connectivity index (χ0) is 12.5. The molecule has 1 rings (SSSR count). The lowest BCUT2D eigenvalue weighted by atomic mass is 9.87. The molecule has 0 amide bonds. The van der Waals surface area contributed by atoms with Gasteiger partial charge in [0.1, 0.15) is 5.75 Å². The van der Waals surface area contributed by atoms with E-state index in [0.29, 0.717) is 5.02 Å². The first-order chi connectivity index (χ1) is 7.27. The summed E-state index contributed by atoms with van der Waals surface area (Å²) in [5.74, 6) is 0.749. The monoisotopic (exact) mass is 324 g/mol. The number of hydrogen-bond acceptors (Lipinski definition) is 1. The summed E-state index contributed by atoms with van der Waals surface area (Å²) in [5.41, 5.74) is 0.856. The molecule has 0 saturated heterocycles. The van der Waals surface area contributed by atoms with Crippen LogP contribution in [0.1, 0.15) is 31.7 Å². The molecule has 0 heterocycles. The smallest absolute Gasteiger partial charge is 0.137 e. The fourth-order valence-corrected chi connectivity index (χ4v) is 2.61. The van der Waals surface area contributed by atoms with Gasteiger partial charge < -0.3 is 4.74 Å². The van der Waals surface area contributed by atoms with Gasteiger partial charge >= 0.3 is 0 Å². The number of ether oxygens (including phenoxy) is 1. The van der Waals surface area contributed by atoms with E-state index in [2.05, 4.69) is 36.7 Å². The molecule has 16 heavy (non-hydrogen) atoms. The van der Waals surface area contributed by atoms with E-state index >= 15 is 0 Å². The van der Waals surface area contributed by atoms with Crippen molar-refractivity contribution in [3.8, 4) is 5.75 Å². The summed E-state index contributed by atoms with van der Waals surface area (Å²) < 4.78 is 6.18. The fraction of sp³-hybridized carbons (Fsp3) is 0.500. The van der Waals surface area contributed by atoms with Gasteiger partial charge in [-0.05, 0) is 33.5 Å². The van der Waals surface area contributed by atoms with Gasteiger partial charge in [0.2, 0.25) is 0 Å². The van der Waals surface area contributed by atoms with E-state index in [0.717, 1.165) is 15.8 Å². The van der Waals surface area contributed by atoms with E-state index in [1.165, 1.54) is 0 Å². The predicted octanol–water partition coefficient (Wildman–Crippen LogP) is 5.44. The number of alkyl halides is 1. The third kappa shape index (κ3) is 3.06. The van der Waals surface area contributed by atoms with Gasteiger partial charge in [0.25, 0.3) is 0 Å². The first-order valence-electron chi connectivity index (χ1n) is 4.94. The van der Waals surface area contributed by atoms with Crippen LogP contribution in [-0.2, 0) is 0 Å². The Labute approximate surface area is 115 Å². The standard InChI is InChI=1S/C12H15BrCl2O/c1-12(2,3)11(15)8-5-7(14)6-9(13)10(8)16-4/h5-6,11H,1-4H3. The van der Waals surface area contributed by atoms with Crippen LogP contribution in [0.5, 0.6) is 5.75 Å². The highest BCUT2D eigenvalue weighted by atomic mass is 79.9. The van der Waals surface area contributed by atoms with Gasteiger partial charge in [-0.1, -0.05) is 32.4 Å². The molecule has 0 saturated carbocycles. The third-order valence-electron chi connectivity index (χ3n) is 2.27. The predicted molar refractivity (Wildman–Crippen MR) is 73.8 cm³/mol. The van der Waals surface area contributed by atoms with Crippen molar-refractivity contribution in [3.05, 3.63) is 27.2 Å². The average Bonchev–Trinajstić information content (AvgIpc) is 2.14. The van der Waals surface area contributed by atoms with E-state index in [1.54, 1.807) is 13.2 Å². The molecule has 0 aromatic heterocycles. The highest BCUT2D eigenvalue weighted by Gasteiger charge is 2.28. The minimum atomic E-state index is -0.155. The number of benzene rings is 1. The fourth-order valence-electron chi connectivity index (χ4n) is 1.45. The second-order valence-electron chi connectivity index (χ2n) is 4.74. The molecule has 0 bridgehead atoms. The molecule has 1 aromatic rings. The molecule has 1 aromatic carbocycles. The van der Waals surface area contributed by atoms with Crippen molar-refractivity contribution in [1.82, 2.24) is 0 Å². The Morgan fingerprint density at radius 3 is 2.31 bits per heavy atom. The van der Waals surface area contributed by atoms with E-state index in [-0.39, 0.29) is 10.8 Å². The van der Waals surface area contributed by atoms with E-state index in [4.69, 9.17) is 27.9 Å². The van der Waals surface area contributed by atoms with Crippen molar-refractivity contribution in [1.29, 1.82) is 0 Å². The number of methoxy groups -OCH3 is 1. The average molecular weight is 326 g/mol. The Morgan fingerprint density at radius 2 is 1.88 bits per heavy atom.